The highest BCUT2D eigenvalue weighted by Crippen LogP contribution is 2.57. The summed E-state index contributed by atoms with van der Waals surface area (Å²) in [5.74, 6) is 2.67. The molecule has 5 rings (SSSR count). The zero-order chi connectivity index (χ0) is 18.1. The van der Waals surface area contributed by atoms with Gasteiger partial charge in [-0.15, -0.1) is 0 Å². The number of hydrogen-bond acceptors (Lipinski definition) is 3. The Kier molecular flexibility index (Phi) is 5.41. The first kappa shape index (κ1) is 18.5. The molecule has 0 saturated heterocycles. The van der Waals surface area contributed by atoms with Gasteiger partial charge in [-0.25, -0.2) is 0 Å². The summed E-state index contributed by atoms with van der Waals surface area (Å²) < 4.78 is 6.38. The molecule has 4 fully saturated rings. The number of rotatable bonds is 8. The van der Waals surface area contributed by atoms with E-state index in [9.17, 15) is 5.11 Å². The van der Waals surface area contributed by atoms with Crippen LogP contribution in [0.1, 0.15) is 69.5 Å². The van der Waals surface area contributed by atoms with Gasteiger partial charge in [0.2, 0.25) is 0 Å². The highest BCUT2D eigenvalue weighted by molar-refractivity contribution is 5.24. The molecule has 3 heteroatoms. The van der Waals surface area contributed by atoms with Crippen molar-refractivity contribution in [2.45, 2.75) is 76.5 Å². The fourth-order valence-corrected chi connectivity index (χ4v) is 6.01. The van der Waals surface area contributed by atoms with Gasteiger partial charge < -0.3 is 15.2 Å². The Labute approximate surface area is 158 Å². The highest BCUT2D eigenvalue weighted by Gasteiger charge is 2.51. The number of aliphatic hydroxyl groups excluding tert-OH is 1. The van der Waals surface area contributed by atoms with Gasteiger partial charge in [-0.05, 0) is 80.8 Å². The van der Waals surface area contributed by atoms with Crippen molar-refractivity contribution in [1.82, 2.24) is 5.32 Å². The molecule has 0 amide bonds. The second kappa shape index (κ2) is 7.61. The summed E-state index contributed by atoms with van der Waals surface area (Å²) in [7, 11) is 0. The molecule has 3 nitrogen and oxygen atoms in total. The van der Waals surface area contributed by atoms with Crippen LogP contribution in [0.2, 0.25) is 0 Å². The van der Waals surface area contributed by atoms with Gasteiger partial charge in [-0.1, -0.05) is 31.2 Å². The van der Waals surface area contributed by atoms with Gasteiger partial charge >= 0.3 is 0 Å². The Balaban J connectivity index is 1.23. The van der Waals surface area contributed by atoms with Crippen LogP contribution in [0.3, 0.4) is 0 Å². The van der Waals surface area contributed by atoms with Crippen LogP contribution in [-0.2, 0) is 11.2 Å². The van der Waals surface area contributed by atoms with Gasteiger partial charge in [0.1, 0.15) is 0 Å². The standard InChI is InChI=1S/C23H35NO2/c1-3-17-4-6-21(7-5-17)16(2)24-14-22(25)15-26-23-11-18-8-19(12-23)10-20(9-18)13-23/h4-7,16,18-20,22,24-25H,3,8-15H2,1-2H3. The summed E-state index contributed by atoms with van der Waals surface area (Å²) in [5, 5.41) is 13.9. The predicted molar refractivity (Wildman–Crippen MR) is 105 cm³/mol. The molecule has 1 aromatic carbocycles. The van der Waals surface area contributed by atoms with Crippen LogP contribution >= 0.6 is 0 Å². The van der Waals surface area contributed by atoms with Crippen molar-refractivity contribution >= 4 is 0 Å². The minimum absolute atomic E-state index is 0.0946. The Morgan fingerprint density at radius 3 is 2.19 bits per heavy atom. The van der Waals surface area contributed by atoms with Crippen molar-refractivity contribution in [2.24, 2.45) is 17.8 Å². The largest absolute Gasteiger partial charge is 0.389 e. The molecule has 1 aromatic rings. The predicted octanol–water partition coefficient (Wildman–Crippen LogP) is 4.25. The van der Waals surface area contributed by atoms with Crippen molar-refractivity contribution in [3.8, 4) is 0 Å². The number of benzene rings is 1. The topological polar surface area (TPSA) is 41.5 Å². The number of hydrogen-bond donors (Lipinski definition) is 2. The number of aliphatic hydroxyl groups is 1. The van der Waals surface area contributed by atoms with E-state index < -0.39 is 6.10 Å². The van der Waals surface area contributed by atoms with Crippen LogP contribution in [-0.4, -0.2) is 30.0 Å². The van der Waals surface area contributed by atoms with E-state index in [1.165, 1.54) is 49.7 Å². The van der Waals surface area contributed by atoms with Gasteiger partial charge in [0, 0.05) is 12.6 Å². The molecule has 4 bridgehead atoms. The third-order valence-electron chi connectivity index (χ3n) is 7.11. The molecule has 4 aliphatic rings. The smallest absolute Gasteiger partial charge is 0.0898 e. The van der Waals surface area contributed by atoms with E-state index in [-0.39, 0.29) is 11.6 Å². The molecule has 2 unspecified atom stereocenters. The normalized spacial score (nSPS) is 34.8. The van der Waals surface area contributed by atoms with E-state index in [1.807, 2.05) is 0 Å². The average Bonchev–Trinajstić information content (AvgIpc) is 2.63. The fraction of sp³-hybridized carbons (Fsp3) is 0.739. The van der Waals surface area contributed by atoms with Gasteiger partial charge in [0.25, 0.3) is 0 Å². The quantitative estimate of drug-likeness (QED) is 0.731. The molecule has 0 aliphatic heterocycles. The SMILES string of the molecule is CCc1ccc(C(C)NCC(O)COC23CC4CC(CC(C4)C2)C3)cc1. The third kappa shape index (κ3) is 4.00. The van der Waals surface area contributed by atoms with Gasteiger partial charge in [0.15, 0.2) is 0 Å². The Hall–Kier alpha value is -0.900. The molecule has 0 aromatic heterocycles. The first-order valence-electron chi connectivity index (χ1n) is 10.7. The average molecular weight is 358 g/mol. The molecule has 0 spiro atoms. The van der Waals surface area contributed by atoms with Crippen molar-refractivity contribution in [2.75, 3.05) is 13.2 Å². The van der Waals surface area contributed by atoms with Crippen LogP contribution in [0.5, 0.6) is 0 Å². The zero-order valence-corrected chi connectivity index (χ0v) is 16.4. The molecular weight excluding hydrogens is 322 g/mol. The molecular formula is C23H35NO2. The number of aryl methyl sites for hydroxylation is 1. The maximum absolute atomic E-state index is 10.4. The molecule has 2 atom stereocenters. The monoisotopic (exact) mass is 357 g/mol. The van der Waals surface area contributed by atoms with Crippen molar-refractivity contribution < 1.29 is 9.84 Å². The second-order valence-corrected chi connectivity index (χ2v) is 9.29. The first-order valence-corrected chi connectivity index (χ1v) is 10.7. The summed E-state index contributed by atoms with van der Waals surface area (Å²) in [6.07, 6.45) is 8.64. The lowest BCUT2D eigenvalue weighted by Crippen LogP contribution is -2.53. The number of ether oxygens (including phenoxy) is 1. The minimum atomic E-state index is -0.430. The molecule has 4 saturated carbocycles. The lowest BCUT2D eigenvalue weighted by Gasteiger charge is -2.56. The summed E-state index contributed by atoms with van der Waals surface area (Å²) >= 11 is 0. The van der Waals surface area contributed by atoms with Crippen LogP contribution in [0.25, 0.3) is 0 Å². The molecule has 144 valence electrons. The van der Waals surface area contributed by atoms with E-state index >= 15 is 0 Å². The summed E-state index contributed by atoms with van der Waals surface area (Å²) in [6, 6.07) is 9.01. The van der Waals surface area contributed by atoms with E-state index in [0.717, 1.165) is 24.2 Å². The summed E-state index contributed by atoms with van der Waals surface area (Å²) in [5.41, 5.74) is 2.73. The third-order valence-corrected chi connectivity index (χ3v) is 7.11. The van der Waals surface area contributed by atoms with Crippen molar-refractivity contribution in [3.63, 3.8) is 0 Å². The van der Waals surface area contributed by atoms with Crippen LogP contribution in [0.4, 0.5) is 0 Å². The van der Waals surface area contributed by atoms with E-state index in [1.54, 1.807) is 0 Å². The summed E-state index contributed by atoms with van der Waals surface area (Å²) in [4.78, 5) is 0. The Morgan fingerprint density at radius 1 is 1.08 bits per heavy atom. The van der Waals surface area contributed by atoms with E-state index in [2.05, 4.69) is 43.4 Å². The second-order valence-electron chi connectivity index (χ2n) is 9.29. The Bertz CT molecular complexity index is 561. The molecule has 26 heavy (non-hydrogen) atoms. The Morgan fingerprint density at radius 2 is 1.65 bits per heavy atom. The lowest BCUT2D eigenvalue weighted by molar-refractivity contribution is -0.174. The number of nitrogens with one attached hydrogen (secondary N) is 1. The van der Waals surface area contributed by atoms with Gasteiger partial charge in [0.05, 0.1) is 18.3 Å². The van der Waals surface area contributed by atoms with Crippen LogP contribution < -0.4 is 5.32 Å². The molecule has 0 radical (unpaired) electrons. The summed E-state index contributed by atoms with van der Waals surface area (Å²) in [6.45, 7) is 5.40. The maximum Gasteiger partial charge on any atom is 0.0898 e. The molecule has 2 N–H and O–H groups in total. The minimum Gasteiger partial charge on any atom is -0.389 e. The van der Waals surface area contributed by atoms with Crippen molar-refractivity contribution in [1.29, 1.82) is 0 Å². The van der Waals surface area contributed by atoms with Gasteiger partial charge in [-0.3, -0.25) is 0 Å². The van der Waals surface area contributed by atoms with E-state index in [4.69, 9.17) is 4.74 Å². The zero-order valence-electron chi connectivity index (χ0n) is 16.4. The van der Waals surface area contributed by atoms with Gasteiger partial charge in [-0.2, -0.15) is 0 Å². The van der Waals surface area contributed by atoms with Crippen molar-refractivity contribution in [3.05, 3.63) is 35.4 Å². The lowest BCUT2D eigenvalue weighted by atomic mass is 9.54. The fourth-order valence-electron chi connectivity index (χ4n) is 6.01. The molecule has 4 aliphatic carbocycles. The molecule has 0 heterocycles. The first-order chi connectivity index (χ1) is 12.5. The van der Waals surface area contributed by atoms with Crippen LogP contribution in [0.15, 0.2) is 24.3 Å². The van der Waals surface area contributed by atoms with E-state index in [0.29, 0.717) is 13.2 Å². The maximum atomic E-state index is 10.4. The van der Waals surface area contributed by atoms with Crippen LogP contribution in [0, 0.1) is 17.8 Å². The highest BCUT2D eigenvalue weighted by atomic mass is 16.5.